The molecule has 0 saturated carbocycles. The van der Waals surface area contributed by atoms with Crippen molar-refractivity contribution in [1.82, 2.24) is 10.3 Å². The monoisotopic (exact) mass is 342 g/mol. The van der Waals surface area contributed by atoms with Gasteiger partial charge in [0, 0.05) is 23.6 Å². The van der Waals surface area contributed by atoms with Crippen molar-refractivity contribution < 1.29 is 14.7 Å². The Kier molecular flexibility index (Phi) is 6.13. The standard InChI is InChI=1S/C14H19BrN2O3/c1-14(2,6-5-11(18)19)7-9-17-13(20)12-10(15)4-3-8-16-12/h3-4,8H,5-7,9H2,1-2H3,(H,17,20)(H,18,19). The predicted octanol–water partition coefficient (Wildman–Crippen LogP) is 2.86. The molecule has 110 valence electrons. The first-order chi connectivity index (χ1) is 9.32. The molecule has 0 aliphatic heterocycles. The average molecular weight is 343 g/mol. The highest BCUT2D eigenvalue weighted by molar-refractivity contribution is 9.10. The summed E-state index contributed by atoms with van der Waals surface area (Å²) in [6.45, 7) is 4.49. The smallest absolute Gasteiger partial charge is 0.303 e. The number of nitrogens with zero attached hydrogens (tertiary/aromatic N) is 1. The summed E-state index contributed by atoms with van der Waals surface area (Å²) in [5, 5.41) is 11.5. The number of carbonyl (C=O) groups is 2. The summed E-state index contributed by atoms with van der Waals surface area (Å²) in [5.74, 6) is -1.02. The second-order valence-corrected chi connectivity index (χ2v) is 6.25. The Bertz CT molecular complexity index is 489. The maximum absolute atomic E-state index is 11.9. The number of carboxylic acid groups (broad SMARTS) is 1. The van der Waals surface area contributed by atoms with E-state index in [1.54, 1.807) is 18.3 Å². The highest BCUT2D eigenvalue weighted by atomic mass is 79.9. The van der Waals surface area contributed by atoms with Gasteiger partial charge in [0.25, 0.3) is 5.91 Å². The summed E-state index contributed by atoms with van der Waals surface area (Å²) in [4.78, 5) is 26.5. The van der Waals surface area contributed by atoms with Crippen molar-refractivity contribution in [1.29, 1.82) is 0 Å². The van der Waals surface area contributed by atoms with E-state index in [2.05, 4.69) is 26.2 Å². The molecule has 0 fully saturated rings. The predicted molar refractivity (Wildman–Crippen MR) is 79.5 cm³/mol. The molecule has 1 aromatic rings. The zero-order valence-corrected chi connectivity index (χ0v) is 13.2. The largest absolute Gasteiger partial charge is 0.481 e. The highest BCUT2D eigenvalue weighted by Gasteiger charge is 2.19. The Hall–Kier alpha value is -1.43. The maximum Gasteiger partial charge on any atom is 0.303 e. The number of hydrogen-bond acceptors (Lipinski definition) is 3. The van der Waals surface area contributed by atoms with Crippen LogP contribution < -0.4 is 5.32 Å². The van der Waals surface area contributed by atoms with Crippen LogP contribution in [-0.2, 0) is 4.79 Å². The third kappa shape index (κ3) is 5.69. The molecule has 20 heavy (non-hydrogen) atoms. The molecule has 0 radical (unpaired) electrons. The van der Waals surface area contributed by atoms with Gasteiger partial charge in [0.15, 0.2) is 0 Å². The zero-order valence-electron chi connectivity index (χ0n) is 11.6. The van der Waals surface area contributed by atoms with E-state index >= 15 is 0 Å². The van der Waals surface area contributed by atoms with E-state index in [1.807, 2.05) is 13.8 Å². The van der Waals surface area contributed by atoms with E-state index in [4.69, 9.17) is 5.11 Å². The van der Waals surface area contributed by atoms with E-state index < -0.39 is 5.97 Å². The first kappa shape index (κ1) is 16.6. The second kappa shape index (κ2) is 7.38. The van der Waals surface area contributed by atoms with Crippen LogP contribution in [0.15, 0.2) is 22.8 Å². The molecular formula is C14H19BrN2O3. The van der Waals surface area contributed by atoms with Crippen LogP contribution in [0.2, 0.25) is 0 Å². The Morgan fingerprint density at radius 1 is 1.40 bits per heavy atom. The number of aromatic nitrogens is 1. The van der Waals surface area contributed by atoms with Crippen molar-refractivity contribution in [2.24, 2.45) is 5.41 Å². The second-order valence-electron chi connectivity index (χ2n) is 5.40. The lowest BCUT2D eigenvalue weighted by Crippen LogP contribution is -2.29. The Morgan fingerprint density at radius 2 is 2.10 bits per heavy atom. The highest BCUT2D eigenvalue weighted by Crippen LogP contribution is 2.26. The molecule has 0 aliphatic carbocycles. The third-order valence-corrected chi connectivity index (χ3v) is 3.72. The first-order valence-corrected chi connectivity index (χ1v) is 7.22. The van der Waals surface area contributed by atoms with Gasteiger partial charge in [-0.05, 0) is 46.3 Å². The molecule has 0 saturated heterocycles. The summed E-state index contributed by atoms with van der Waals surface area (Å²) in [6.07, 6.45) is 3.02. The van der Waals surface area contributed by atoms with E-state index in [0.29, 0.717) is 23.1 Å². The van der Waals surface area contributed by atoms with Gasteiger partial charge in [-0.25, -0.2) is 4.98 Å². The number of hydrogen-bond donors (Lipinski definition) is 2. The third-order valence-electron chi connectivity index (χ3n) is 3.08. The molecule has 0 unspecified atom stereocenters. The van der Waals surface area contributed by atoms with Crippen molar-refractivity contribution in [2.45, 2.75) is 33.1 Å². The van der Waals surface area contributed by atoms with Crippen LogP contribution in [0.5, 0.6) is 0 Å². The fraction of sp³-hybridized carbons (Fsp3) is 0.500. The minimum Gasteiger partial charge on any atom is -0.481 e. The van der Waals surface area contributed by atoms with Crippen LogP contribution >= 0.6 is 15.9 Å². The van der Waals surface area contributed by atoms with Crippen molar-refractivity contribution in [3.8, 4) is 0 Å². The van der Waals surface area contributed by atoms with Crippen LogP contribution in [0.25, 0.3) is 0 Å². The number of nitrogens with one attached hydrogen (secondary N) is 1. The Labute approximate surface area is 126 Å². The molecule has 1 aromatic heterocycles. The summed E-state index contributed by atoms with van der Waals surface area (Å²) >= 11 is 3.28. The number of carboxylic acids is 1. The van der Waals surface area contributed by atoms with Crippen LogP contribution in [-0.4, -0.2) is 28.5 Å². The molecule has 5 nitrogen and oxygen atoms in total. The Balaban J connectivity index is 2.42. The van der Waals surface area contributed by atoms with Gasteiger partial charge >= 0.3 is 5.97 Å². The van der Waals surface area contributed by atoms with Crippen LogP contribution in [0.4, 0.5) is 0 Å². The Morgan fingerprint density at radius 3 is 2.70 bits per heavy atom. The SMILES string of the molecule is CC(C)(CCNC(=O)c1ncccc1Br)CCC(=O)O. The molecule has 0 spiro atoms. The topological polar surface area (TPSA) is 79.3 Å². The van der Waals surface area contributed by atoms with Crippen LogP contribution in [0.3, 0.4) is 0 Å². The van der Waals surface area contributed by atoms with Crippen molar-refractivity contribution in [2.75, 3.05) is 6.54 Å². The molecular weight excluding hydrogens is 324 g/mol. The summed E-state index contributed by atoms with van der Waals surface area (Å²) < 4.78 is 0.655. The van der Waals surface area contributed by atoms with Gasteiger partial charge < -0.3 is 10.4 Å². The molecule has 6 heteroatoms. The molecule has 1 rings (SSSR count). The summed E-state index contributed by atoms with van der Waals surface area (Å²) in [6, 6.07) is 3.51. The molecule has 1 heterocycles. The number of aliphatic carboxylic acids is 1. The number of rotatable bonds is 7. The quantitative estimate of drug-likeness (QED) is 0.798. The van der Waals surface area contributed by atoms with E-state index in [0.717, 1.165) is 6.42 Å². The number of carbonyl (C=O) groups excluding carboxylic acids is 1. The van der Waals surface area contributed by atoms with E-state index in [9.17, 15) is 9.59 Å². The van der Waals surface area contributed by atoms with Crippen molar-refractivity contribution in [3.05, 3.63) is 28.5 Å². The molecule has 0 aliphatic rings. The number of halogens is 1. The fourth-order valence-corrected chi connectivity index (χ4v) is 2.16. The fourth-order valence-electron chi connectivity index (χ4n) is 1.72. The van der Waals surface area contributed by atoms with Crippen molar-refractivity contribution >= 4 is 27.8 Å². The van der Waals surface area contributed by atoms with Gasteiger partial charge in [0.1, 0.15) is 5.69 Å². The summed E-state index contributed by atoms with van der Waals surface area (Å²) in [7, 11) is 0. The van der Waals surface area contributed by atoms with Gasteiger partial charge in [0.05, 0.1) is 0 Å². The minimum absolute atomic E-state index is 0.118. The van der Waals surface area contributed by atoms with E-state index in [1.165, 1.54) is 0 Å². The van der Waals surface area contributed by atoms with Gasteiger partial charge in [-0.15, -0.1) is 0 Å². The lowest BCUT2D eigenvalue weighted by Gasteiger charge is -2.23. The normalized spacial score (nSPS) is 11.2. The molecule has 1 amide bonds. The first-order valence-electron chi connectivity index (χ1n) is 6.42. The van der Waals surface area contributed by atoms with Crippen molar-refractivity contribution in [3.63, 3.8) is 0 Å². The minimum atomic E-state index is -0.792. The van der Waals surface area contributed by atoms with Gasteiger partial charge in [0.2, 0.25) is 0 Å². The molecule has 0 atom stereocenters. The lowest BCUT2D eigenvalue weighted by atomic mass is 9.84. The van der Waals surface area contributed by atoms with Gasteiger partial charge in [-0.2, -0.15) is 0 Å². The lowest BCUT2D eigenvalue weighted by molar-refractivity contribution is -0.137. The van der Waals surface area contributed by atoms with Gasteiger partial charge in [-0.1, -0.05) is 13.8 Å². The molecule has 0 aromatic carbocycles. The summed E-state index contributed by atoms with van der Waals surface area (Å²) in [5.41, 5.74) is 0.239. The van der Waals surface area contributed by atoms with Crippen LogP contribution in [0.1, 0.15) is 43.6 Å². The number of pyridine rings is 1. The van der Waals surface area contributed by atoms with E-state index in [-0.39, 0.29) is 17.7 Å². The molecule has 2 N–H and O–H groups in total. The van der Waals surface area contributed by atoms with Gasteiger partial charge in [-0.3, -0.25) is 9.59 Å². The average Bonchev–Trinajstić information content (AvgIpc) is 2.37. The molecule has 0 bridgehead atoms. The van der Waals surface area contributed by atoms with Crippen LogP contribution in [0, 0.1) is 5.41 Å². The maximum atomic E-state index is 11.9. The number of amides is 1. The zero-order chi connectivity index (χ0) is 15.2.